The van der Waals surface area contributed by atoms with Crippen molar-refractivity contribution in [2.45, 2.75) is 26.7 Å². The minimum atomic E-state index is -0.602. The zero-order valence-electron chi connectivity index (χ0n) is 15.3. The summed E-state index contributed by atoms with van der Waals surface area (Å²) in [4.78, 5) is 23.1. The molecule has 6 nitrogen and oxygen atoms in total. The molecule has 1 N–H and O–H groups in total. The number of hydrogen-bond donors (Lipinski definition) is 1. The van der Waals surface area contributed by atoms with E-state index in [-0.39, 0.29) is 17.3 Å². The van der Waals surface area contributed by atoms with Crippen molar-refractivity contribution in [3.63, 3.8) is 0 Å². The molecule has 1 atom stereocenters. The molecule has 0 spiro atoms. The van der Waals surface area contributed by atoms with Gasteiger partial charge in [-0.3, -0.25) is 4.79 Å². The first kappa shape index (κ1) is 19.4. The van der Waals surface area contributed by atoms with Crippen LogP contribution in [0.5, 0.6) is 5.88 Å². The smallest absolute Gasteiger partial charge is 0.262 e. The molecule has 1 amide bonds. The molecule has 1 saturated heterocycles. The van der Waals surface area contributed by atoms with Crippen LogP contribution in [-0.2, 0) is 4.79 Å². The topological polar surface area (TPSA) is 67.3 Å². The van der Waals surface area contributed by atoms with E-state index >= 15 is 0 Å². The van der Waals surface area contributed by atoms with Gasteiger partial charge in [0, 0.05) is 29.9 Å². The van der Waals surface area contributed by atoms with Crippen molar-refractivity contribution in [2.75, 3.05) is 29.9 Å². The molecule has 0 radical (unpaired) electrons. The van der Waals surface area contributed by atoms with E-state index in [1.807, 2.05) is 6.92 Å². The Bertz CT molecular complexity index is 833. The van der Waals surface area contributed by atoms with Crippen LogP contribution in [0.15, 0.2) is 24.3 Å². The zero-order chi connectivity index (χ0) is 19.4. The Morgan fingerprint density at radius 3 is 2.96 bits per heavy atom. The first-order valence-corrected chi connectivity index (χ1v) is 9.27. The summed E-state index contributed by atoms with van der Waals surface area (Å²) < 4.78 is 19.3. The number of carbonyl (C=O) groups is 1. The molecular weight excluding hydrogens is 371 g/mol. The average molecular weight is 393 g/mol. The Kier molecular flexibility index (Phi) is 6.11. The van der Waals surface area contributed by atoms with Gasteiger partial charge < -0.3 is 15.0 Å². The van der Waals surface area contributed by atoms with Crippen molar-refractivity contribution in [3.8, 4) is 5.88 Å². The standard InChI is InChI=1S/C19H22ClFN4O2/c1-12-4-3-7-25(10-12)19-22-13(2)8-18(24-19)27-11-17(26)23-16-6-5-14(20)9-15(16)21/h5-6,8-9,12H,3-4,7,10-11H2,1-2H3,(H,23,26)/t12-/m0/s1. The molecule has 1 aromatic carbocycles. The van der Waals surface area contributed by atoms with E-state index in [4.69, 9.17) is 16.3 Å². The Labute approximate surface area is 162 Å². The number of ether oxygens (including phenoxy) is 1. The molecule has 144 valence electrons. The predicted octanol–water partition coefficient (Wildman–Crippen LogP) is 3.83. The van der Waals surface area contributed by atoms with Crippen molar-refractivity contribution in [1.82, 2.24) is 9.97 Å². The van der Waals surface area contributed by atoms with Gasteiger partial charge in [0.2, 0.25) is 11.8 Å². The number of anilines is 2. The van der Waals surface area contributed by atoms with Crippen LogP contribution in [0.4, 0.5) is 16.0 Å². The predicted molar refractivity (Wildman–Crippen MR) is 103 cm³/mol. The van der Waals surface area contributed by atoms with Crippen molar-refractivity contribution >= 4 is 29.1 Å². The fraction of sp³-hybridized carbons (Fsp3) is 0.421. The van der Waals surface area contributed by atoms with Gasteiger partial charge in [0.15, 0.2) is 6.61 Å². The molecular formula is C19H22ClFN4O2. The van der Waals surface area contributed by atoms with Crippen LogP contribution in [0.1, 0.15) is 25.5 Å². The summed E-state index contributed by atoms with van der Waals surface area (Å²) >= 11 is 5.70. The lowest BCUT2D eigenvalue weighted by Crippen LogP contribution is -2.35. The van der Waals surface area contributed by atoms with Crippen molar-refractivity contribution < 1.29 is 13.9 Å². The van der Waals surface area contributed by atoms with Gasteiger partial charge in [-0.15, -0.1) is 0 Å². The van der Waals surface area contributed by atoms with Crippen molar-refractivity contribution in [2.24, 2.45) is 5.92 Å². The van der Waals surface area contributed by atoms with E-state index in [1.54, 1.807) is 6.07 Å². The van der Waals surface area contributed by atoms with Gasteiger partial charge in [0.25, 0.3) is 5.91 Å². The largest absolute Gasteiger partial charge is 0.467 e. The summed E-state index contributed by atoms with van der Waals surface area (Å²) in [5, 5.41) is 2.72. The lowest BCUT2D eigenvalue weighted by molar-refractivity contribution is -0.118. The van der Waals surface area contributed by atoms with Gasteiger partial charge in [0.05, 0.1) is 5.69 Å². The van der Waals surface area contributed by atoms with Crippen molar-refractivity contribution in [1.29, 1.82) is 0 Å². The summed E-state index contributed by atoms with van der Waals surface area (Å²) in [7, 11) is 0. The molecule has 8 heteroatoms. The summed E-state index contributed by atoms with van der Waals surface area (Å²) in [6.45, 7) is 5.59. The summed E-state index contributed by atoms with van der Waals surface area (Å²) in [6, 6.07) is 5.71. The quantitative estimate of drug-likeness (QED) is 0.837. The average Bonchev–Trinajstić information content (AvgIpc) is 2.62. The third-order valence-electron chi connectivity index (χ3n) is 4.32. The first-order chi connectivity index (χ1) is 12.9. The zero-order valence-corrected chi connectivity index (χ0v) is 16.1. The number of aromatic nitrogens is 2. The molecule has 1 fully saturated rings. The summed E-state index contributed by atoms with van der Waals surface area (Å²) in [5.74, 6) is 0.436. The minimum absolute atomic E-state index is 0.0508. The normalized spacial score (nSPS) is 16.9. The van der Waals surface area contributed by atoms with Gasteiger partial charge in [-0.25, -0.2) is 9.37 Å². The molecule has 2 heterocycles. The molecule has 3 rings (SSSR count). The van der Waals surface area contributed by atoms with Crippen LogP contribution in [0, 0.1) is 18.7 Å². The van der Waals surface area contributed by atoms with E-state index in [1.165, 1.54) is 18.6 Å². The molecule has 0 unspecified atom stereocenters. The number of hydrogen-bond acceptors (Lipinski definition) is 5. The highest BCUT2D eigenvalue weighted by atomic mass is 35.5. The molecule has 27 heavy (non-hydrogen) atoms. The lowest BCUT2D eigenvalue weighted by atomic mass is 10.0. The number of rotatable bonds is 5. The third kappa shape index (κ3) is 5.29. The minimum Gasteiger partial charge on any atom is -0.467 e. The van der Waals surface area contributed by atoms with Gasteiger partial charge in [0.1, 0.15) is 5.82 Å². The first-order valence-electron chi connectivity index (χ1n) is 8.89. The van der Waals surface area contributed by atoms with Crippen LogP contribution in [0.2, 0.25) is 5.02 Å². The van der Waals surface area contributed by atoms with Gasteiger partial charge >= 0.3 is 0 Å². The Hall–Kier alpha value is -2.41. The van der Waals surface area contributed by atoms with Crippen LogP contribution >= 0.6 is 11.6 Å². The Morgan fingerprint density at radius 2 is 2.22 bits per heavy atom. The van der Waals surface area contributed by atoms with Crippen LogP contribution < -0.4 is 15.0 Å². The number of piperidine rings is 1. The maximum Gasteiger partial charge on any atom is 0.262 e. The lowest BCUT2D eigenvalue weighted by Gasteiger charge is -2.31. The second-order valence-corrected chi connectivity index (χ2v) is 7.24. The molecule has 1 aliphatic rings. The van der Waals surface area contributed by atoms with Crippen LogP contribution in [0.25, 0.3) is 0 Å². The van der Waals surface area contributed by atoms with E-state index < -0.39 is 11.7 Å². The monoisotopic (exact) mass is 392 g/mol. The molecule has 1 aromatic heterocycles. The number of benzene rings is 1. The highest BCUT2D eigenvalue weighted by Crippen LogP contribution is 2.22. The maximum atomic E-state index is 13.8. The number of nitrogens with zero attached hydrogens (tertiary/aromatic N) is 3. The maximum absolute atomic E-state index is 13.8. The van der Waals surface area contributed by atoms with E-state index in [9.17, 15) is 9.18 Å². The Balaban J connectivity index is 1.62. The van der Waals surface area contributed by atoms with Crippen LogP contribution in [0.3, 0.4) is 0 Å². The SMILES string of the molecule is Cc1cc(OCC(=O)Nc2ccc(Cl)cc2F)nc(N2CCC[C@H](C)C2)n1. The molecule has 2 aromatic rings. The summed E-state index contributed by atoms with van der Waals surface area (Å²) in [6.07, 6.45) is 2.30. The summed E-state index contributed by atoms with van der Waals surface area (Å²) in [5.41, 5.74) is 0.812. The molecule has 1 aliphatic heterocycles. The van der Waals surface area contributed by atoms with E-state index in [2.05, 4.69) is 27.1 Å². The number of halogens is 2. The Morgan fingerprint density at radius 1 is 1.41 bits per heavy atom. The second kappa shape index (κ2) is 8.52. The molecule has 0 aliphatic carbocycles. The number of aryl methyl sites for hydroxylation is 1. The second-order valence-electron chi connectivity index (χ2n) is 6.80. The fourth-order valence-corrected chi connectivity index (χ4v) is 3.19. The fourth-order valence-electron chi connectivity index (χ4n) is 3.03. The van der Waals surface area contributed by atoms with Crippen molar-refractivity contribution in [3.05, 3.63) is 40.8 Å². The van der Waals surface area contributed by atoms with E-state index in [0.717, 1.165) is 31.3 Å². The van der Waals surface area contributed by atoms with Gasteiger partial charge in [-0.1, -0.05) is 18.5 Å². The number of nitrogens with one attached hydrogen (secondary N) is 1. The third-order valence-corrected chi connectivity index (χ3v) is 4.55. The molecule has 0 bridgehead atoms. The highest BCUT2D eigenvalue weighted by Gasteiger charge is 2.20. The number of carbonyl (C=O) groups excluding carboxylic acids is 1. The van der Waals surface area contributed by atoms with Crippen LogP contribution in [-0.4, -0.2) is 35.6 Å². The van der Waals surface area contributed by atoms with E-state index in [0.29, 0.717) is 17.7 Å². The number of amides is 1. The molecule has 0 saturated carbocycles. The highest BCUT2D eigenvalue weighted by molar-refractivity contribution is 6.30. The van der Waals surface area contributed by atoms with Gasteiger partial charge in [-0.2, -0.15) is 4.98 Å². The van der Waals surface area contributed by atoms with Gasteiger partial charge in [-0.05, 0) is 43.9 Å².